The van der Waals surface area contributed by atoms with Crippen LogP contribution in [0.5, 0.6) is 0 Å². The maximum Gasteiger partial charge on any atom is 0.123 e. The van der Waals surface area contributed by atoms with Gasteiger partial charge in [-0.2, -0.15) is 0 Å². The van der Waals surface area contributed by atoms with Crippen molar-refractivity contribution < 1.29 is 0 Å². The van der Waals surface area contributed by atoms with E-state index in [0.29, 0.717) is 6.54 Å². The highest BCUT2D eigenvalue weighted by Crippen LogP contribution is 2.41. The third-order valence-electron chi connectivity index (χ3n) is 10.1. The minimum absolute atomic E-state index is 0.105. The zero-order valence-electron chi connectivity index (χ0n) is 30.7. The van der Waals surface area contributed by atoms with Gasteiger partial charge in [0.05, 0.1) is 0 Å². The number of fused-ring (bicyclic) bond motifs is 7. The number of hydrogen-bond donors (Lipinski definition) is 3. The predicted octanol–water partition coefficient (Wildman–Crippen LogP) is 13.3. The van der Waals surface area contributed by atoms with Gasteiger partial charge in [0.2, 0.25) is 0 Å². The van der Waals surface area contributed by atoms with E-state index in [1.165, 1.54) is 64.8 Å². The summed E-state index contributed by atoms with van der Waals surface area (Å²) in [4.78, 5) is 0. The monoisotopic (exact) mass is 727 g/mol. The number of aryl methyl sites for hydroxylation is 1. The highest BCUT2D eigenvalue weighted by Gasteiger charge is 2.15. The fraction of sp³-hybridized carbons (Fsp3) is 0.0392. The zero-order chi connectivity index (χ0) is 37.7. The first-order chi connectivity index (χ1) is 27.0. The molecule has 10 aromatic rings. The van der Waals surface area contributed by atoms with E-state index >= 15 is 0 Å². The molecule has 0 aliphatic rings. The lowest BCUT2D eigenvalue weighted by Crippen LogP contribution is -2.10. The lowest BCUT2D eigenvalue weighted by Gasteiger charge is -2.14. The Bertz CT molecular complexity index is 2950. The van der Waals surface area contributed by atoms with Crippen LogP contribution in [-0.2, 0) is 6.54 Å². The van der Waals surface area contributed by atoms with E-state index in [0.717, 1.165) is 26.6 Å². The molecule has 266 valence electrons. The van der Waals surface area contributed by atoms with Gasteiger partial charge < -0.3 is 11.5 Å². The van der Waals surface area contributed by atoms with Crippen molar-refractivity contribution in [3.8, 4) is 22.3 Å². The van der Waals surface area contributed by atoms with Crippen LogP contribution in [0.1, 0.15) is 16.7 Å². The first kappa shape index (κ1) is 35.4. The van der Waals surface area contributed by atoms with E-state index in [-0.39, 0.29) is 5.84 Å². The van der Waals surface area contributed by atoms with Crippen molar-refractivity contribution >= 4 is 69.7 Å². The van der Waals surface area contributed by atoms with Crippen LogP contribution >= 0.6 is 11.3 Å². The topological polar surface area (TPSA) is 75.9 Å². The number of benzene rings is 9. The largest absolute Gasteiger partial charge is 0.384 e. The molecule has 0 radical (unpaired) electrons. The summed E-state index contributed by atoms with van der Waals surface area (Å²) in [6, 6.07) is 66.0. The Kier molecular flexibility index (Phi) is 10.2. The summed E-state index contributed by atoms with van der Waals surface area (Å²) >= 11 is 1.75. The second-order valence-corrected chi connectivity index (χ2v) is 14.8. The van der Waals surface area contributed by atoms with Gasteiger partial charge >= 0.3 is 0 Å². The maximum absolute atomic E-state index is 8.14. The Balaban J connectivity index is 0.000000238. The summed E-state index contributed by atoms with van der Waals surface area (Å²) in [7, 11) is 0. The molecule has 0 unspecified atom stereocenters. The molecule has 0 fully saturated rings. The van der Waals surface area contributed by atoms with E-state index in [9.17, 15) is 0 Å². The molecule has 0 amide bonds. The molecule has 0 spiro atoms. The van der Waals surface area contributed by atoms with Crippen LogP contribution < -0.4 is 11.5 Å². The average molecular weight is 728 g/mol. The normalized spacial score (nSPS) is 10.9. The number of nitrogen functional groups attached to an aromatic ring is 1. The second-order valence-electron chi connectivity index (χ2n) is 13.7. The molecule has 0 bridgehead atoms. The van der Waals surface area contributed by atoms with E-state index < -0.39 is 0 Å². The van der Waals surface area contributed by atoms with Gasteiger partial charge in [-0.25, -0.2) is 0 Å². The predicted molar refractivity (Wildman–Crippen MR) is 239 cm³/mol. The summed E-state index contributed by atoms with van der Waals surface area (Å²) in [5.41, 5.74) is 19.5. The smallest absolute Gasteiger partial charge is 0.123 e. The SMILES string of the molecule is Cc1ccccc1.N=C(N)c1cccc2sc3ccc(-c4ccc(-c5ccc6ccc7ccccc7c6c5)c5ccccc45)cc3c12.NCc1ccccc1. The second kappa shape index (κ2) is 15.8. The molecule has 10 rings (SSSR count). The third kappa shape index (κ3) is 7.34. The van der Waals surface area contributed by atoms with E-state index in [2.05, 4.69) is 134 Å². The molecule has 0 aliphatic carbocycles. The lowest BCUT2D eigenvalue weighted by atomic mass is 9.90. The van der Waals surface area contributed by atoms with Crippen LogP contribution in [-0.4, -0.2) is 5.84 Å². The summed E-state index contributed by atoms with van der Waals surface area (Å²) in [6.45, 7) is 2.72. The molecule has 5 N–H and O–H groups in total. The first-order valence-corrected chi connectivity index (χ1v) is 19.3. The molecule has 55 heavy (non-hydrogen) atoms. The number of nitrogens with one attached hydrogen (secondary N) is 1. The fourth-order valence-electron chi connectivity index (χ4n) is 7.34. The van der Waals surface area contributed by atoms with Crippen LogP contribution in [0, 0.1) is 12.3 Å². The van der Waals surface area contributed by atoms with Crippen molar-refractivity contribution in [1.82, 2.24) is 0 Å². The Labute approximate surface area is 325 Å². The Morgan fingerprint density at radius 2 is 1.04 bits per heavy atom. The fourth-order valence-corrected chi connectivity index (χ4v) is 8.45. The molecular formula is C51H41N3S. The molecule has 0 aliphatic heterocycles. The maximum atomic E-state index is 8.14. The van der Waals surface area contributed by atoms with Crippen LogP contribution in [0.25, 0.3) is 74.7 Å². The molecule has 0 saturated heterocycles. The Hall–Kier alpha value is -6.59. The molecule has 1 aromatic heterocycles. The highest BCUT2D eigenvalue weighted by molar-refractivity contribution is 7.25. The van der Waals surface area contributed by atoms with Gasteiger partial charge in [0.1, 0.15) is 5.84 Å². The zero-order valence-corrected chi connectivity index (χ0v) is 31.5. The Morgan fingerprint density at radius 3 is 1.64 bits per heavy atom. The van der Waals surface area contributed by atoms with E-state index in [1.54, 1.807) is 11.3 Å². The van der Waals surface area contributed by atoms with Gasteiger partial charge in [-0.3, -0.25) is 5.41 Å². The van der Waals surface area contributed by atoms with Gasteiger partial charge in [0, 0.05) is 32.3 Å². The van der Waals surface area contributed by atoms with Crippen molar-refractivity contribution in [3.05, 3.63) is 205 Å². The van der Waals surface area contributed by atoms with Gasteiger partial charge in [-0.1, -0.05) is 169 Å². The Morgan fingerprint density at radius 1 is 0.491 bits per heavy atom. The van der Waals surface area contributed by atoms with E-state index in [4.69, 9.17) is 16.9 Å². The average Bonchev–Trinajstić information content (AvgIpc) is 3.62. The molecule has 1 heterocycles. The molecular weight excluding hydrogens is 687 g/mol. The van der Waals surface area contributed by atoms with Crippen LogP contribution in [0.2, 0.25) is 0 Å². The molecule has 4 heteroatoms. The van der Waals surface area contributed by atoms with Crippen LogP contribution in [0.3, 0.4) is 0 Å². The number of nitrogens with two attached hydrogens (primary N) is 2. The minimum Gasteiger partial charge on any atom is -0.384 e. The van der Waals surface area contributed by atoms with Crippen molar-refractivity contribution in [2.45, 2.75) is 13.5 Å². The first-order valence-electron chi connectivity index (χ1n) is 18.5. The molecule has 0 atom stereocenters. The van der Waals surface area contributed by atoms with Gasteiger partial charge in [0.15, 0.2) is 0 Å². The van der Waals surface area contributed by atoms with Crippen molar-refractivity contribution in [1.29, 1.82) is 5.41 Å². The highest BCUT2D eigenvalue weighted by atomic mass is 32.1. The summed E-state index contributed by atoms with van der Waals surface area (Å²) in [6.07, 6.45) is 0. The third-order valence-corrected chi connectivity index (χ3v) is 11.2. The standard InChI is InChI=1S/C37H24N2S.C7H9N.C7H8/c38-37(39)31-10-5-11-35-36(31)33-21-25(16-19-34(33)40-35)28-18-17-27(29-8-3-4-9-30(28)29)24-15-14-23-13-12-22-6-1-2-7-26(22)32(23)20-24;8-6-7-4-2-1-3-5-7;1-7-5-3-2-4-6-7/h1-21H,(H3,38,39);1-5H,6,8H2;2-6H,1H3. The number of thiophene rings is 1. The van der Waals surface area contributed by atoms with Crippen LogP contribution in [0.15, 0.2) is 188 Å². The van der Waals surface area contributed by atoms with E-state index in [1.807, 2.05) is 60.7 Å². The number of amidine groups is 1. The van der Waals surface area contributed by atoms with Crippen LogP contribution in [0.4, 0.5) is 0 Å². The van der Waals surface area contributed by atoms with Crippen molar-refractivity contribution in [2.75, 3.05) is 0 Å². The number of hydrogen-bond acceptors (Lipinski definition) is 3. The summed E-state index contributed by atoms with van der Waals surface area (Å²) in [5, 5.41) is 17.9. The molecule has 3 nitrogen and oxygen atoms in total. The lowest BCUT2D eigenvalue weighted by molar-refractivity contribution is 1.07. The summed E-state index contributed by atoms with van der Waals surface area (Å²) < 4.78 is 2.36. The molecule has 0 saturated carbocycles. The van der Waals surface area contributed by atoms with Gasteiger partial charge in [0.25, 0.3) is 0 Å². The summed E-state index contributed by atoms with van der Waals surface area (Å²) in [5.74, 6) is 0.105. The van der Waals surface area contributed by atoms with Gasteiger partial charge in [-0.05, 0) is 91.3 Å². The quantitative estimate of drug-likeness (QED) is 0.0959. The van der Waals surface area contributed by atoms with Crippen molar-refractivity contribution in [3.63, 3.8) is 0 Å². The minimum atomic E-state index is 0.105. The van der Waals surface area contributed by atoms with Gasteiger partial charge in [-0.15, -0.1) is 11.3 Å². The van der Waals surface area contributed by atoms with Crippen molar-refractivity contribution in [2.24, 2.45) is 11.5 Å². The number of rotatable bonds is 4. The molecule has 9 aromatic carbocycles.